The van der Waals surface area contributed by atoms with Crippen molar-refractivity contribution < 1.29 is 26.9 Å². The van der Waals surface area contributed by atoms with Gasteiger partial charge in [0.1, 0.15) is 0 Å². The second kappa shape index (κ2) is 6.88. The first-order chi connectivity index (χ1) is 9.70. The van der Waals surface area contributed by atoms with Crippen molar-refractivity contribution in [1.29, 1.82) is 0 Å². The van der Waals surface area contributed by atoms with Gasteiger partial charge in [0, 0.05) is 0 Å². The largest absolute Gasteiger partial charge is 0.669 e. The molecule has 22 heavy (non-hydrogen) atoms. The minimum Gasteiger partial charge on any atom is -0.384 e. The minimum atomic E-state index is -3.52. The van der Waals surface area contributed by atoms with E-state index in [-0.39, 0.29) is 0 Å². The summed E-state index contributed by atoms with van der Waals surface area (Å²) in [6, 6.07) is 0. The van der Waals surface area contributed by atoms with Crippen LogP contribution in [-0.4, -0.2) is 46.4 Å². The molecule has 0 spiro atoms. The van der Waals surface area contributed by atoms with E-state index in [9.17, 15) is 0 Å². The number of hydrogen-bond acceptors (Lipinski definition) is 6. The van der Waals surface area contributed by atoms with Gasteiger partial charge in [0.2, 0.25) is 0 Å². The van der Waals surface area contributed by atoms with Gasteiger partial charge in [0.15, 0.2) is 0 Å². The molecule has 1 aliphatic rings. The Morgan fingerprint density at radius 3 is 1.27 bits per heavy atom. The summed E-state index contributed by atoms with van der Waals surface area (Å²) in [7, 11) is -4.34. The zero-order valence-electron chi connectivity index (χ0n) is 15.4. The molecule has 0 atom stereocenters. The Morgan fingerprint density at radius 2 is 1.00 bits per heavy atom. The Hall–Kier alpha value is 0.0418. The van der Waals surface area contributed by atoms with Crippen LogP contribution >= 0.6 is 0 Å². The smallest absolute Gasteiger partial charge is 0.384 e. The molecule has 0 amide bonds. The van der Waals surface area contributed by atoms with Gasteiger partial charge < -0.3 is 26.9 Å². The molecule has 0 aromatic heterocycles. The summed E-state index contributed by atoms with van der Waals surface area (Å²) in [4.78, 5) is 0. The molecule has 130 valence electrons. The van der Waals surface area contributed by atoms with Crippen molar-refractivity contribution in [1.82, 2.24) is 0 Å². The summed E-state index contributed by atoms with van der Waals surface area (Å²) >= 11 is 0. The first kappa shape index (κ1) is 20.1. The van der Waals surface area contributed by atoms with E-state index in [1.807, 2.05) is 62.3 Å². The molecule has 1 rings (SSSR count). The van der Waals surface area contributed by atoms with Crippen molar-refractivity contribution >= 4 is 16.4 Å². The molecule has 1 heterocycles. The SMILES string of the molecule is CC(C)(C)O[Si](OB1OCCO1)(OC(C)(C)C)OC(C)(C)C. The van der Waals surface area contributed by atoms with E-state index in [0.717, 1.165) is 0 Å². The molecular weight excluding hydrogens is 303 g/mol. The molecule has 6 nitrogen and oxygen atoms in total. The molecule has 8 heteroatoms. The molecule has 0 bridgehead atoms. The summed E-state index contributed by atoms with van der Waals surface area (Å²) in [5, 5.41) is 0. The highest BCUT2D eigenvalue weighted by atomic mass is 28.4. The lowest BCUT2D eigenvalue weighted by molar-refractivity contribution is -0.119. The fourth-order valence-corrected chi connectivity index (χ4v) is 4.67. The van der Waals surface area contributed by atoms with Gasteiger partial charge in [-0.25, -0.2) is 0 Å². The second-order valence-electron chi connectivity index (χ2n) is 8.29. The quantitative estimate of drug-likeness (QED) is 0.721. The van der Waals surface area contributed by atoms with E-state index in [2.05, 4.69) is 0 Å². The van der Waals surface area contributed by atoms with E-state index in [4.69, 9.17) is 26.9 Å². The van der Waals surface area contributed by atoms with Gasteiger partial charge in [0.05, 0.1) is 30.0 Å². The number of rotatable bonds is 5. The average Bonchev–Trinajstić information content (AvgIpc) is 2.59. The first-order valence-corrected chi connectivity index (χ1v) is 9.35. The maximum absolute atomic E-state index is 6.15. The molecule has 0 aliphatic carbocycles. The zero-order valence-corrected chi connectivity index (χ0v) is 16.4. The Kier molecular flexibility index (Phi) is 6.28. The van der Waals surface area contributed by atoms with Crippen molar-refractivity contribution in [2.75, 3.05) is 13.2 Å². The lowest BCUT2D eigenvalue weighted by Gasteiger charge is -2.41. The Balaban J connectivity index is 3.08. The monoisotopic (exact) mass is 334 g/mol. The van der Waals surface area contributed by atoms with E-state index < -0.39 is 33.2 Å². The molecule has 1 fully saturated rings. The van der Waals surface area contributed by atoms with Crippen LogP contribution in [0, 0.1) is 0 Å². The van der Waals surface area contributed by atoms with Gasteiger partial charge in [-0.1, -0.05) is 0 Å². The molecule has 0 N–H and O–H groups in total. The summed E-state index contributed by atoms with van der Waals surface area (Å²) in [5.74, 6) is 0. The highest BCUT2D eigenvalue weighted by Gasteiger charge is 2.57. The van der Waals surface area contributed by atoms with Gasteiger partial charge in [-0.2, -0.15) is 0 Å². The van der Waals surface area contributed by atoms with Crippen LogP contribution in [0.1, 0.15) is 62.3 Å². The zero-order chi connectivity index (χ0) is 17.2. The molecule has 0 aromatic rings. The highest BCUT2D eigenvalue weighted by Crippen LogP contribution is 2.30. The minimum absolute atomic E-state index is 0.482. The maximum Gasteiger partial charge on any atom is 0.669 e. The Labute approximate surface area is 136 Å². The van der Waals surface area contributed by atoms with Gasteiger partial charge in [-0.05, 0) is 62.3 Å². The third kappa shape index (κ3) is 8.05. The second-order valence-corrected chi connectivity index (χ2v) is 10.1. The van der Waals surface area contributed by atoms with Gasteiger partial charge >= 0.3 is 16.4 Å². The topological polar surface area (TPSA) is 55.4 Å². The average molecular weight is 334 g/mol. The predicted molar refractivity (Wildman–Crippen MR) is 87.0 cm³/mol. The van der Waals surface area contributed by atoms with Crippen LogP contribution in [0.15, 0.2) is 0 Å². The van der Waals surface area contributed by atoms with Gasteiger partial charge in [-0.15, -0.1) is 0 Å². The summed E-state index contributed by atoms with van der Waals surface area (Å²) < 4.78 is 35.2. The lowest BCUT2D eigenvalue weighted by atomic mass is 10.2. The van der Waals surface area contributed by atoms with Crippen LogP contribution in [0.25, 0.3) is 0 Å². The van der Waals surface area contributed by atoms with Crippen molar-refractivity contribution in [2.24, 2.45) is 0 Å². The van der Waals surface area contributed by atoms with Crippen molar-refractivity contribution in [2.45, 2.75) is 79.1 Å². The molecule has 0 radical (unpaired) electrons. The van der Waals surface area contributed by atoms with Gasteiger partial charge in [-0.3, -0.25) is 0 Å². The third-order valence-electron chi connectivity index (χ3n) is 2.13. The van der Waals surface area contributed by atoms with Crippen molar-refractivity contribution in [3.05, 3.63) is 0 Å². The summed E-state index contributed by atoms with van der Waals surface area (Å²) in [6.07, 6.45) is 0. The molecule has 0 saturated carbocycles. The normalized spacial score (nSPS) is 18.1. The standard InChI is InChI=1S/C14H31BO6Si/c1-12(2,3)18-22(19-13(4,5)6,20-14(7,8)9)21-15-16-10-11-17-15/h10-11H2,1-9H3. The Morgan fingerprint density at radius 1 is 0.682 bits per heavy atom. The van der Waals surface area contributed by atoms with Crippen LogP contribution in [0.5, 0.6) is 0 Å². The fourth-order valence-electron chi connectivity index (χ4n) is 1.78. The fraction of sp³-hybridized carbons (Fsp3) is 1.00. The molecule has 0 aromatic carbocycles. The molecule has 1 aliphatic heterocycles. The summed E-state index contributed by atoms with van der Waals surface area (Å²) in [6.45, 7) is 18.4. The van der Waals surface area contributed by atoms with Crippen LogP contribution in [0.4, 0.5) is 0 Å². The van der Waals surface area contributed by atoms with E-state index in [1.165, 1.54) is 0 Å². The summed E-state index contributed by atoms with van der Waals surface area (Å²) in [5.41, 5.74) is -1.50. The van der Waals surface area contributed by atoms with E-state index >= 15 is 0 Å². The van der Waals surface area contributed by atoms with E-state index in [1.54, 1.807) is 0 Å². The van der Waals surface area contributed by atoms with Crippen molar-refractivity contribution in [3.8, 4) is 0 Å². The first-order valence-electron chi connectivity index (χ1n) is 7.71. The van der Waals surface area contributed by atoms with Crippen LogP contribution in [-0.2, 0) is 26.9 Å². The van der Waals surface area contributed by atoms with E-state index in [0.29, 0.717) is 13.2 Å². The maximum atomic E-state index is 6.15. The van der Waals surface area contributed by atoms with Crippen molar-refractivity contribution in [3.63, 3.8) is 0 Å². The number of hydrogen-bond donors (Lipinski definition) is 0. The van der Waals surface area contributed by atoms with Crippen LogP contribution < -0.4 is 0 Å². The van der Waals surface area contributed by atoms with Gasteiger partial charge in [0.25, 0.3) is 0 Å². The predicted octanol–water partition coefficient (Wildman–Crippen LogP) is 2.92. The molecule has 0 unspecified atom stereocenters. The lowest BCUT2D eigenvalue weighted by Crippen LogP contribution is -2.61. The molecule has 1 saturated heterocycles. The third-order valence-corrected chi connectivity index (χ3v) is 5.19. The Bertz CT molecular complexity index is 311. The van der Waals surface area contributed by atoms with Crippen LogP contribution in [0.3, 0.4) is 0 Å². The molecular formula is C14H31BO6Si. The highest BCUT2D eigenvalue weighted by molar-refractivity contribution is 6.62. The van der Waals surface area contributed by atoms with Crippen LogP contribution in [0.2, 0.25) is 0 Å².